The molecule has 164 valence electrons. The molecule has 1 aliphatic heterocycles. The zero-order valence-electron chi connectivity index (χ0n) is 18.6. The third-order valence-corrected chi connectivity index (χ3v) is 6.87. The number of hydrogen-bond donors (Lipinski definition) is 1. The molecule has 1 atom stereocenters. The summed E-state index contributed by atoms with van der Waals surface area (Å²) in [6, 6.07) is 6.22. The predicted molar refractivity (Wildman–Crippen MR) is 120 cm³/mol. The van der Waals surface area contributed by atoms with E-state index in [1.165, 1.54) is 16.4 Å². The van der Waals surface area contributed by atoms with Crippen LogP contribution in [0, 0.1) is 12.8 Å². The first-order valence-corrected chi connectivity index (χ1v) is 11.5. The normalized spacial score (nSPS) is 15.2. The van der Waals surface area contributed by atoms with E-state index in [1.807, 2.05) is 17.9 Å². The maximum atomic E-state index is 12.9. The van der Waals surface area contributed by atoms with Gasteiger partial charge in [-0.3, -0.25) is 4.79 Å². The molecule has 1 unspecified atom stereocenters. The van der Waals surface area contributed by atoms with Crippen molar-refractivity contribution in [3.05, 3.63) is 35.2 Å². The van der Waals surface area contributed by atoms with Crippen LogP contribution >= 0.6 is 11.8 Å². The Bertz CT molecular complexity index is 874. The molecule has 7 nitrogen and oxygen atoms in total. The molecule has 1 fully saturated rings. The molecule has 2 heterocycles. The number of likely N-dealkylation sites (tertiary alicyclic amines) is 1. The Morgan fingerprint density at radius 1 is 1.20 bits per heavy atom. The number of hydrogen-bond acceptors (Lipinski definition) is 6. The highest BCUT2D eigenvalue weighted by Crippen LogP contribution is 2.30. The highest BCUT2D eigenvalue weighted by atomic mass is 32.2. The van der Waals surface area contributed by atoms with Crippen LogP contribution in [-0.4, -0.2) is 44.0 Å². The maximum absolute atomic E-state index is 12.9. The number of rotatable bonds is 8. The molecule has 1 aromatic carbocycles. The number of carbonyl (C=O) groups is 1. The van der Waals surface area contributed by atoms with Gasteiger partial charge in [-0.05, 0) is 48.8 Å². The van der Waals surface area contributed by atoms with Crippen molar-refractivity contribution in [3.63, 3.8) is 0 Å². The van der Waals surface area contributed by atoms with Crippen LogP contribution in [0.5, 0.6) is 5.75 Å². The largest absolute Gasteiger partial charge is 0.485 e. The van der Waals surface area contributed by atoms with Gasteiger partial charge in [0.1, 0.15) is 12.4 Å². The second-order valence-electron chi connectivity index (χ2n) is 8.57. The minimum atomic E-state index is -0.229. The highest BCUT2D eigenvalue weighted by Gasteiger charge is 2.31. The number of benzene rings is 1. The number of ether oxygens (including phenoxy) is 1. The third-order valence-electron chi connectivity index (χ3n) is 5.38. The van der Waals surface area contributed by atoms with E-state index in [1.54, 1.807) is 0 Å². The van der Waals surface area contributed by atoms with E-state index >= 15 is 0 Å². The second kappa shape index (κ2) is 9.73. The van der Waals surface area contributed by atoms with E-state index in [0.29, 0.717) is 16.9 Å². The van der Waals surface area contributed by atoms with Crippen molar-refractivity contribution in [2.75, 3.05) is 18.9 Å². The summed E-state index contributed by atoms with van der Waals surface area (Å²) in [7, 11) is 0. The molecule has 0 saturated carbocycles. The summed E-state index contributed by atoms with van der Waals surface area (Å²) in [5.74, 6) is 8.32. The van der Waals surface area contributed by atoms with E-state index in [-0.39, 0.29) is 23.7 Å². The van der Waals surface area contributed by atoms with E-state index in [4.69, 9.17) is 10.6 Å². The Kier molecular flexibility index (Phi) is 7.28. The maximum Gasteiger partial charge on any atom is 0.236 e. The summed E-state index contributed by atoms with van der Waals surface area (Å²) in [5.41, 5.74) is 2.29. The van der Waals surface area contributed by atoms with Gasteiger partial charge in [0.15, 0.2) is 5.82 Å². The van der Waals surface area contributed by atoms with Crippen LogP contribution < -0.4 is 10.6 Å². The second-order valence-corrected chi connectivity index (χ2v) is 9.68. The zero-order valence-corrected chi connectivity index (χ0v) is 19.4. The van der Waals surface area contributed by atoms with Gasteiger partial charge in [0.05, 0.1) is 5.25 Å². The SMILES string of the molecule is Cc1ccc(C(C)C)c(OCc2nnc(SC(C(=O)N3CCCC3)C(C)C)n2N)c1. The lowest BCUT2D eigenvalue weighted by atomic mass is 10.0. The number of nitrogens with zero attached hydrogens (tertiary/aromatic N) is 4. The number of nitrogens with two attached hydrogens (primary N) is 1. The number of carbonyl (C=O) groups excluding carboxylic acids is 1. The number of aromatic nitrogens is 3. The van der Waals surface area contributed by atoms with Crippen molar-refractivity contribution >= 4 is 17.7 Å². The third kappa shape index (κ3) is 5.09. The molecule has 30 heavy (non-hydrogen) atoms. The van der Waals surface area contributed by atoms with Crippen molar-refractivity contribution in [1.29, 1.82) is 0 Å². The summed E-state index contributed by atoms with van der Waals surface area (Å²) < 4.78 is 7.50. The van der Waals surface area contributed by atoms with Crippen LogP contribution in [0.2, 0.25) is 0 Å². The van der Waals surface area contributed by atoms with E-state index in [2.05, 4.69) is 50.0 Å². The Morgan fingerprint density at radius 2 is 1.90 bits per heavy atom. The van der Waals surface area contributed by atoms with Gasteiger partial charge in [0.2, 0.25) is 11.1 Å². The first kappa shape index (κ1) is 22.5. The molecule has 0 bridgehead atoms. The Hall–Kier alpha value is -2.22. The van der Waals surface area contributed by atoms with Gasteiger partial charge in [-0.1, -0.05) is 51.6 Å². The van der Waals surface area contributed by atoms with Crippen LogP contribution in [0.15, 0.2) is 23.4 Å². The summed E-state index contributed by atoms with van der Waals surface area (Å²) in [4.78, 5) is 14.9. The van der Waals surface area contributed by atoms with Crippen LogP contribution in [0.1, 0.15) is 63.4 Å². The fourth-order valence-electron chi connectivity index (χ4n) is 3.57. The summed E-state index contributed by atoms with van der Waals surface area (Å²) in [5, 5.41) is 8.76. The summed E-state index contributed by atoms with van der Waals surface area (Å²) >= 11 is 1.39. The fraction of sp³-hybridized carbons (Fsp3) is 0.591. The van der Waals surface area contributed by atoms with Crippen LogP contribution in [-0.2, 0) is 11.4 Å². The zero-order chi connectivity index (χ0) is 21.8. The first-order chi connectivity index (χ1) is 14.3. The number of amides is 1. The molecular weight excluding hydrogens is 398 g/mol. The Balaban J connectivity index is 1.71. The summed E-state index contributed by atoms with van der Waals surface area (Å²) in [6.07, 6.45) is 2.15. The molecule has 0 spiro atoms. The molecule has 3 rings (SSSR count). The minimum absolute atomic E-state index is 0.162. The number of thioether (sulfide) groups is 1. The predicted octanol–water partition coefficient (Wildman–Crippen LogP) is 3.74. The first-order valence-electron chi connectivity index (χ1n) is 10.7. The van der Waals surface area contributed by atoms with E-state index < -0.39 is 0 Å². The average Bonchev–Trinajstić information content (AvgIpc) is 3.34. The lowest BCUT2D eigenvalue weighted by molar-refractivity contribution is -0.130. The molecule has 2 N–H and O–H groups in total. The molecule has 1 saturated heterocycles. The van der Waals surface area contributed by atoms with Gasteiger partial charge in [-0.15, -0.1) is 10.2 Å². The summed E-state index contributed by atoms with van der Waals surface area (Å²) in [6.45, 7) is 12.3. The van der Waals surface area contributed by atoms with Gasteiger partial charge in [0.25, 0.3) is 0 Å². The minimum Gasteiger partial charge on any atom is -0.485 e. The fourth-order valence-corrected chi connectivity index (χ4v) is 4.63. The van der Waals surface area contributed by atoms with Crippen LogP contribution in [0.4, 0.5) is 0 Å². The molecule has 0 aliphatic carbocycles. The molecular formula is C22H33N5O2S. The number of aryl methyl sites for hydroxylation is 1. The van der Waals surface area contributed by atoms with Crippen molar-refractivity contribution in [1.82, 2.24) is 19.8 Å². The van der Waals surface area contributed by atoms with E-state index in [0.717, 1.165) is 42.8 Å². The topological polar surface area (TPSA) is 86.3 Å². The van der Waals surface area contributed by atoms with Gasteiger partial charge in [-0.25, -0.2) is 4.68 Å². The molecule has 1 aromatic heterocycles. The van der Waals surface area contributed by atoms with Gasteiger partial charge < -0.3 is 15.5 Å². The standard InChI is InChI=1S/C22H33N5O2S/c1-14(2)17-9-8-16(5)12-18(17)29-13-19-24-25-22(27(19)23)30-20(15(3)4)21(28)26-10-6-7-11-26/h8-9,12,14-15,20H,6-7,10-11,13,23H2,1-5H3. The lowest BCUT2D eigenvalue weighted by Crippen LogP contribution is -2.38. The van der Waals surface area contributed by atoms with Crippen molar-refractivity contribution in [3.8, 4) is 5.75 Å². The molecule has 1 aliphatic rings. The van der Waals surface area contributed by atoms with Crippen LogP contribution in [0.3, 0.4) is 0 Å². The Labute approximate surface area is 183 Å². The molecule has 1 amide bonds. The Morgan fingerprint density at radius 3 is 2.53 bits per heavy atom. The van der Waals surface area contributed by atoms with Gasteiger partial charge >= 0.3 is 0 Å². The van der Waals surface area contributed by atoms with Crippen LogP contribution in [0.25, 0.3) is 0 Å². The van der Waals surface area contributed by atoms with Gasteiger partial charge in [-0.2, -0.15) is 0 Å². The molecule has 8 heteroatoms. The highest BCUT2D eigenvalue weighted by molar-refractivity contribution is 8.00. The number of nitrogen functional groups attached to an aromatic ring is 1. The van der Waals surface area contributed by atoms with Crippen molar-refractivity contribution in [2.24, 2.45) is 5.92 Å². The van der Waals surface area contributed by atoms with Crippen molar-refractivity contribution < 1.29 is 9.53 Å². The lowest BCUT2D eigenvalue weighted by Gasteiger charge is -2.24. The van der Waals surface area contributed by atoms with Gasteiger partial charge in [0, 0.05) is 13.1 Å². The average molecular weight is 432 g/mol. The molecule has 0 radical (unpaired) electrons. The smallest absolute Gasteiger partial charge is 0.236 e. The van der Waals surface area contributed by atoms with Crippen molar-refractivity contribution in [2.45, 2.75) is 70.4 Å². The quantitative estimate of drug-likeness (QED) is 0.506. The monoisotopic (exact) mass is 431 g/mol. The molecule has 2 aromatic rings. The van der Waals surface area contributed by atoms with E-state index in [9.17, 15) is 4.79 Å².